The molecule has 1 aliphatic heterocycles. The molecule has 2 unspecified atom stereocenters. The maximum atomic E-state index is 12.6. The van der Waals surface area contributed by atoms with E-state index in [1.165, 1.54) is 4.90 Å². The Morgan fingerprint density at radius 1 is 1.16 bits per heavy atom. The summed E-state index contributed by atoms with van der Waals surface area (Å²) in [6.45, 7) is 0. The SMILES string of the molecule is O=C1NC2CCCCC2C(=O)N1c1ccccc1I. The monoisotopic (exact) mass is 370 g/mol. The highest BCUT2D eigenvalue weighted by molar-refractivity contribution is 14.1. The van der Waals surface area contributed by atoms with Crippen LogP contribution in [-0.4, -0.2) is 18.0 Å². The van der Waals surface area contributed by atoms with Crippen molar-refractivity contribution in [1.29, 1.82) is 0 Å². The van der Waals surface area contributed by atoms with Crippen LogP contribution in [0.3, 0.4) is 0 Å². The molecule has 1 aromatic carbocycles. The number of nitrogens with zero attached hydrogens (tertiary/aromatic N) is 1. The van der Waals surface area contributed by atoms with E-state index in [1.807, 2.05) is 24.3 Å². The highest BCUT2D eigenvalue weighted by Gasteiger charge is 2.42. The summed E-state index contributed by atoms with van der Waals surface area (Å²) in [7, 11) is 0. The molecule has 1 saturated carbocycles. The van der Waals surface area contributed by atoms with E-state index in [0.717, 1.165) is 29.3 Å². The summed E-state index contributed by atoms with van der Waals surface area (Å²) in [5.74, 6) is -0.0972. The molecule has 2 atom stereocenters. The van der Waals surface area contributed by atoms with Crippen LogP contribution in [0.1, 0.15) is 25.7 Å². The molecular weight excluding hydrogens is 355 g/mol. The van der Waals surface area contributed by atoms with E-state index in [9.17, 15) is 9.59 Å². The van der Waals surface area contributed by atoms with E-state index in [1.54, 1.807) is 0 Å². The lowest BCUT2D eigenvalue weighted by molar-refractivity contribution is -0.124. The molecule has 1 saturated heterocycles. The molecule has 2 fully saturated rings. The first kappa shape index (κ1) is 12.9. The third kappa shape index (κ3) is 2.24. The molecule has 1 N–H and O–H groups in total. The van der Waals surface area contributed by atoms with Crippen molar-refractivity contribution in [2.75, 3.05) is 4.90 Å². The number of benzene rings is 1. The maximum Gasteiger partial charge on any atom is 0.329 e. The number of urea groups is 1. The van der Waals surface area contributed by atoms with E-state index in [4.69, 9.17) is 0 Å². The molecule has 100 valence electrons. The number of anilines is 1. The van der Waals surface area contributed by atoms with Gasteiger partial charge in [0, 0.05) is 9.61 Å². The molecule has 3 amide bonds. The average molecular weight is 370 g/mol. The predicted octanol–water partition coefficient (Wildman–Crippen LogP) is 2.91. The molecule has 4 nitrogen and oxygen atoms in total. The predicted molar refractivity (Wildman–Crippen MR) is 80.9 cm³/mol. The zero-order valence-electron chi connectivity index (χ0n) is 10.4. The van der Waals surface area contributed by atoms with Crippen LogP contribution >= 0.6 is 22.6 Å². The first-order valence-electron chi connectivity index (χ1n) is 6.57. The number of carbonyl (C=O) groups excluding carboxylic acids is 2. The van der Waals surface area contributed by atoms with Crippen molar-refractivity contribution in [2.45, 2.75) is 31.7 Å². The standard InChI is InChI=1S/C14H15IN2O2/c15-10-6-2-4-8-12(10)17-13(18)9-5-1-3-7-11(9)16-14(17)19/h2,4,6,8-9,11H,1,3,5,7H2,(H,16,19). The fraction of sp³-hybridized carbons (Fsp3) is 0.429. The van der Waals surface area contributed by atoms with E-state index in [2.05, 4.69) is 27.9 Å². The molecule has 19 heavy (non-hydrogen) atoms. The third-order valence-electron chi connectivity index (χ3n) is 3.91. The Labute approximate surface area is 125 Å². The van der Waals surface area contributed by atoms with Crippen LogP contribution in [0.2, 0.25) is 0 Å². The minimum atomic E-state index is -0.280. The summed E-state index contributed by atoms with van der Waals surface area (Å²) < 4.78 is 0.915. The molecule has 0 bridgehead atoms. The smallest absolute Gasteiger partial charge is 0.329 e. The number of rotatable bonds is 1. The van der Waals surface area contributed by atoms with Gasteiger partial charge in [-0.3, -0.25) is 4.79 Å². The minimum Gasteiger partial charge on any atom is -0.334 e. The van der Waals surface area contributed by atoms with Crippen molar-refractivity contribution < 1.29 is 9.59 Å². The van der Waals surface area contributed by atoms with Crippen LogP contribution in [0.4, 0.5) is 10.5 Å². The largest absolute Gasteiger partial charge is 0.334 e. The van der Waals surface area contributed by atoms with Crippen LogP contribution in [0, 0.1) is 9.49 Å². The lowest BCUT2D eigenvalue weighted by atomic mass is 9.82. The van der Waals surface area contributed by atoms with E-state index in [0.29, 0.717) is 5.69 Å². The topological polar surface area (TPSA) is 49.4 Å². The van der Waals surface area contributed by atoms with Gasteiger partial charge in [-0.25, -0.2) is 9.69 Å². The fourth-order valence-corrected chi connectivity index (χ4v) is 3.58. The number of nitrogens with one attached hydrogen (secondary N) is 1. The van der Waals surface area contributed by atoms with Crippen LogP contribution in [0.15, 0.2) is 24.3 Å². The van der Waals surface area contributed by atoms with Crippen molar-refractivity contribution in [3.05, 3.63) is 27.8 Å². The summed E-state index contributed by atoms with van der Waals surface area (Å²) in [4.78, 5) is 26.1. The van der Waals surface area contributed by atoms with Gasteiger partial charge in [-0.2, -0.15) is 0 Å². The van der Waals surface area contributed by atoms with Gasteiger partial charge in [0.2, 0.25) is 5.91 Å². The van der Waals surface area contributed by atoms with Gasteiger partial charge in [0.1, 0.15) is 0 Å². The first-order chi connectivity index (χ1) is 9.18. The summed E-state index contributed by atoms with van der Waals surface area (Å²) >= 11 is 2.16. The summed E-state index contributed by atoms with van der Waals surface area (Å²) in [6.07, 6.45) is 3.96. The normalized spacial score (nSPS) is 26.9. The van der Waals surface area contributed by atoms with Gasteiger partial charge in [0.15, 0.2) is 0 Å². The Bertz CT molecular complexity index is 532. The zero-order chi connectivity index (χ0) is 13.4. The molecule has 0 aromatic heterocycles. The summed E-state index contributed by atoms with van der Waals surface area (Å²) in [5.41, 5.74) is 0.689. The van der Waals surface area contributed by atoms with E-state index in [-0.39, 0.29) is 23.9 Å². The average Bonchev–Trinajstić information content (AvgIpc) is 2.41. The zero-order valence-corrected chi connectivity index (χ0v) is 12.6. The highest BCUT2D eigenvalue weighted by atomic mass is 127. The quantitative estimate of drug-likeness (QED) is 0.773. The Balaban J connectivity index is 1.95. The molecule has 2 aliphatic rings. The number of hydrogen-bond donors (Lipinski definition) is 1. The number of para-hydroxylation sites is 1. The lowest BCUT2D eigenvalue weighted by Gasteiger charge is -2.40. The Kier molecular flexibility index (Phi) is 3.47. The van der Waals surface area contributed by atoms with Crippen molar-refractivity contribution >= 4 is 40.2 Å². The van der Waals surface area contributed by atoms with Crippen molar-refractivity contribution in [1.82, 2.24) is 5.32 Å². The number of amides is 3. The molecule has 0 spiro atoms. The molecule has 3 rings (SSSR count). The van der Waals surface area contributed by atoms with Crippen molar-refractivity contribution in [3.63, 3.8) is 0 Å². The molecule has 1 aliphatic carbocycles. The highest BCUT2D eigenvalue weighted by Crippen LogP contribution is 2.33. The molecule has 5 heteroatoms. The van der Waals surface area contributed by atoms with Gasteiger partial charge in [0.25, 0.3) is 0 Å². The first-order valence-corrected chi connectivity index (χ1v) is 7.65. The minimum absolute atomic E-state index is 0.0337. The maximum absolute atomic E-state index is 12.6. The van der Waals surface area contributed by atoms with Gasteiger partial charge < -0.3 is 5.32 Å². The van der Waals surface area contributed by atoms with Gasteiger partial charge >= 0.3 is 6.03 Å². The second-order valence-corrected chi connectivity index (χ2v) is 6.23. The number of halogens is 1. The Hall–Kier alpha value is -1.11. The summed E-state index contributed by atoms with van der Waals surface area (Å²) in [5, 5.41) is 2.99. The van der Waals surface area contributed by atoms with Gasteiger partial charge in [0.05, 0.1) is 11.6 Å². The van der Waals surface area contributed by atoms with Gasteiger partial charge in [-0.15, -0.1) is 0 Å². The van der Waals surface area contributed by atoms with Crippen LogP contribution < -0.4 is 10.2 Å². The number of hydrogen-bond acceptors (Lipinski definition) is 2. The fourth-order valence-electron chi connectivity index (χ4n) is 2.95. The Morgan fingerprint density at radius 3 is 2.68 bits per heavy atom. The van der Waals surface area contributed by atoms with Crippen LogP contribution in [0.5, 0.6) is 0 Å². The lowest BCUT2D eigenvalue weighted by Crippen LogP contribution is -2.61. The summed E-state index contributed by atoms with van der Waals surface area (Å²) in [6, 6.07) is 7.24. The number of fused-ring (bicyclic) bond motifs is 1. The second-order valence-electron chi connectivity index (χ2n) is 5.07. The Morgan fingerprint density at radius 2 is 1.89 bits per heavy atom. The van der Waals surface area contributed by atoms with Crippen molar-refractivity contribution in [2.24, 2.45) is 5.92 Å². The number of imide groups is 1. The van der Waals surface area contributed by atoms with Crippen LogP contribution in [-0.2, 0) is 4.79 Å². The molecular formula is C14H15IN2O2. The van der Waals surface area contributed by atoms with E-state index >= 15 is 0 Å². The van der Waals surface area contributed by atoms with E-state index < -0.39 is 0 Å². The van der Waals surface area contributed by atoms with Gasteiger partial charge in [-0.05, 0) is 47.6 Å². The molecule has 0 radical (unpaired) electrons. The van der Waals surface area contributed by atoms with Crippen molar-refractivity contribution in [3.8, 4) is 0 Å². The molecule has 1 aromatic rings. The van der Waals surface area contributed by atoms with Gasteiger partial charge in [-0.1, -0.05) is 25.0 Å². The third-order valence-corrected chi connectivity index (χ3v) is 4.82. The number of carbonyl (C=O) groups is 2. The van der Waals surface area contributed by atoms with Crippen LogP contribution in [0.25, 0.3) is 0 Å². The molecule has 1 heterocycles. The second kappa shape index (κ2) is 5.11.